The van der Waals surface area contributed by atoms with Gasteiger partial charge in [-0.15, -0.1) is 12.4 Å². The van der Waals surface area contributed by atoms with E-state index < -0.39 is 0 Å². The monoisotopic (exact) mass is 269 g/mol. The molecule has 0 atom stereocenters. The number of carbonyl (C=O) groups excluding carboxylic acids is 1. The molecule has 5 heteroatoms. The van der Waals surface area contributed by atoms with Crippen LogP contribution in [-0.2, 0) is 0 Å². The van der Waals surface area contributed by atoms with E-state index in [0.717, 1.165) is 31.6 Å². The lowest BCUT2D eigenvalue weighted by Gasteiger charge is -2.24. The smallest absolute Gasteiger partial charge is 0.269 e. The first-order valence-corrected chi connectivity index (χ1v) is 6.12. The molecular formula is C13H20ClN3O. The zero-order valence-corrected chi connectivity index (χ0v) is 11.6. The molecule has 1 aromatic heterocycles. The highest BCUT2D eigenvalue weighted by molar-refractivity contribution is 5.92. The van der Waals surface area contributed by atoms with Crippen molar-refractivity contribution in [2.24, 2.45) is 0 Å². The third-order valence-corrected chi connectivity index (χ3v) is 3.37. The van der Waals surface area contributed by atoms with Crippen LogP contribution in [0.2, 0.25) is 0 Å². The van der Waals surface area contributed by atoms with Crippen LogP contribution in [-0.4, -0.2) is 31.0 Å². The summed E-state index contributed by atoms with van der Waals surface area (Å²) in [5.74, 6) is 0.465. The second-order valence-electron chi connectivity index (χ2n) is 4.47. The number of hydrogen-bond acceptors (Lipinski definition) is 3. The molecule has 1 fully saturated rings. The van der Waals surface area contributed by atoms with Crippen molar-refractivity contribution in [2.45, 2.75) is 25.7 Å². The highest BCUT2D eigenvalue weighted by atomic mass is 35.5. The van der Waals surface area contributed by atoms with Gasteiger partial charge in [0.25, 0.3) is 5.91 Å². The lowest BCUT2D eigenvalue weighted by atomic mass is 9.89. The number of piperidine rings is 1. The van der Waals surface area contributed by atoms with Gasteiger partial charge in [0, 0.05) is 12.7 Å². The summed E-state index contributed by atoms with van der Waals surface area (Å²) in [6.07, 6.45) is 2.31. The van der Waals surface area contributed by atoms with Crippen molar-refractivity contribution in [1.29, 1.82) is 0 Å². The Hall–Kier alpha value is -1.13. The first kappa shape index (κ1) is 14.9. The Morgan fingerprint density at radius 2 is 2.06 bits per heavy atom. The molecule has 18 heavy (non-hydrogen) atoms. The second-order valence-corrected chi connectivity index (χ2v) is 4.47. The molecule has 2 rings (SSSR count). The Morgan fingerprint density at radius 1 is 1.39 bits per heavy atom. The largest absolute Gasteiger partial charge is 0.354 e. The summed E-state index contributed by atoms with van der Waals surface area (Å²) in [4.78, 5) is 15.9. The van der Waals surface area contributed by atoms with Crippen LogP contribution in [0.3, 0.4) is 0 Å². The van der Waals surface area contributed by atoms with E-state index in [4.69, 9.17) is 0 Å². The normalized spacial score (nSPS) is 15.9. The number of hydrogen-bond donors (Lipinski definition) is 2. The average Bonchev–Trinajstić information content (AvgIpc) is 2.38. The lowest BCUT2D eigenvalue weighted by Crippen LogP contribution is -2.27. The number of pyridine rings is 1. The maximum absolute atomic E-state index is 11.5. The molecule has 0 aromatic carbocycles. The molecule has 1 aliphatic rings. The zero-order valence-electron chi connectivity index (χ0n) is 10.8. The summed E-state index contributed by atoms with van der Waals surface area (Å²) in [5, 5.41) is 5.95. The van der Waals surface area contributed by atoms with Crippen molar-refractivity contribution in [2.75, 3.05) is 20.1 Å². The molecule has 1 aromatic rings. The average molecular weight is 270 g/mol. The maximum atomic E-state index is 11.5. The molecule has 1 aliphatic heterocycles. The van der Waals surface area contributed by atoms with Crippen molar-refractivity contribution in [1.82, 2.24) is 15.6 Å². The predicted molar refractivity (Wildman–Crippen MR) is 74.5 cm³/mol. The van der Waals surface area contributed by atoms with E-state index in [1.807, 2.05) is 13.0 Å². The summed E-state index contributed by atoms with van der Waals surface area (Å²) in [5.41, 5.74) is 2.78. The first-order chi connectivity index (χ1) is 8.22. The van der Waals surface area contributed by atoms with Gasteiger partial charge >= 0.3 is 0 Å². The SMILES string of the molecule is CNC(=O)c1ccc(C2CCNCC2)c(C)n1.Cl. The molecule has 0 unspecified atom stereocenters. The number of amides is 1. The fourth-order valence-corrected chi connectivity index (χ4v) is 2.39. The van der Waals surface area contributed by atoms with Crippen molar-refractivity contribution < 1.29 is 4.79 Å². The number of nitrogens with one attached hydrogen (secondary N) is 2. The Morgan fingerprint density at radius 3 is 2.61 bits per heavy atom. The first-order valence-electron chi connectivity index (χ1n) is 6.12. The fourth-order valence-electron chi connectivity index (χ4n) is 2.39. The lowest BCUT2D eigenvalue weighted by molar-refractivity contribution is 0.0958. The molecule has 0 saturated carbocycles. The van der Waals surface area contributed by atoms with E-state index in [1.54, 1.807) is 7.05 Å². The number of nitrogens with zero attached hydrogens (tertiary/aromatic N) is 1. The summed E-state index contributed by atoms with van der Waals surface area (Å²) in [6.45, 7) is 4.13. The highest BCUT2D eigenvalue weighted by Gasteiger charge is 2.18. The molecule has 0 spiro atoms. The van der Waals surface area contributed by atoms with Crippen molar-refractivity contribution in [3.63, 3.8) is 0 Å². The minimum Gasteiger partial charge on any atom is -0.354 e. The Kier molecular flexibility index (Phi) is 5.56. The second kappa shape index (κ2) is 6.71. The van der Waals surface area contributed by atoms with Crippen molar-refractivity contribution in [3.8, 4) is 0 Å². The molecule has 0 radical (unpaired) electrons. The van der Waals surface area contributed by atoms with Gasteiger partial charge in [0.2, 0.25) is 0 Å². The van der Waals surface area contributed by atoms with Gasteiger partial charge in [-0.1, -0.05) is 6.07 Å². The van der Waals surface area contributed by atoms with Gasteiger partial charge < -0.3 is 10.6 Å². The summed E-state index contributed by atoms with van der Waals surface area (Å²) >= 11 is 0. The number of aromatic nitrogens is 1. The predicted octanol–water partition coefficient (Wildman–Crippen LogP) is 1.64. The van der Waals surface area contributed by atoms with Crippen LogP contribution >= 0.6 is 12.4 Å². The molecule has 2 N–H and O–H groups in total. The van der Waals surface area contributed by atoms with E-state index in [2.05, 4.69) is 21.7 Å². The van der Waals surface area contributed by atoms with Crippen LogP contribution in [0.1, 0.15) is 40.5 Å². The van der Waals surface area contributed by atoms with E-state index in [-0.39, 0.29) is 18.3 Å². The molecule has 100 valence electrons. The Labute approximate surface area is 114 Å². The van der Waals surface area contributed by atoms with Crippen LogP contribution in [0.4, 0.5) is 0 Å². The fraction of sp³-hybridized carbons (Fsp3) is 0.538. The van der Waals surface area contributed by atoms with E-state index in [1.165, 1.54) is 5.56 Å². The number of aryl methyl sites for hydroxylation is 1. The van der Waals surface area contributed by atoms with Crippen LogP contribution in [0, 0.1) is 6.92 Å². The van der Waals surface area contributed by atoms with Gasteiger partial charge in [-0.25, -0.2) is 4.98 Å². The minimum absolute atomic E-state index is 0. The summed E-state index contributed by atoms with van der Waals surface area (Å²) in [7, 11) is 1.63. The van der Waals surface area contributed by atoms with Crippen molar-refractivity contribution >= 4 is 18.3 Å². The Balaban J connectivity index is 0.00000162. The van der Waals surface area contributed by atoms with Gasteiger partial charge in [-0.2, -0.15) is 0 Å². The van der Waals surface area contributed by atoms with Gasteiger partial charge in [0.1, 0.15) is 5.69 Å². The standard InChI is InChI=1S/C13H19N3O.ClH/c1-9-11(10-5-7-15-8-6-10)3-4-12(16-9)13(17)14-2;/h3-4,10,15H,5-8H2,1-2H3,(H,14,17);1H. The third kappa shape index (κ3) is 3.21. The molecule has 1 amide bonds. The van der Waals surface area contributed by atoms with E-state index >= 15 is 0 Å². The van der Waals surface area contributed by atoms with Gasteiger partial charge in [0.05, 0.1) is 0 Å². The van der Waals surface area contributed by atoms with Crippen LogP contribution in [0.25, 0.3) is 0 Å². The van der Waals surface area contributed by atoms with Crippen LogP contribution in [0.5, 0.6) is 0 Å². The van der Waals surface area contributed by atoms with Crippen molar-refractivity contribution in [3.05, 3.63) is 29.1 Å². The minimum atomic E-state index is -0.120. The topological polar surface area (TPSA) is 54.0 Å². The van der Waals surface area contributed by atoms with Gasteiger partial charge in [0.15, 0.2) is 0 Å². The van der Waals surface area contributed by atoms with E-state index in [9.17, 15) is 4.79 Å². The third-order valence-electron chi connectivity index (χ3n) is 3.37. The summed E-state index contributed by atoms with van der Waals surface area (Å²) < 4.78 is 0. The molecule has 0 bridgehead atoms. The summed E-state index contributed by atoms with van der Waals surface area (Å²) in [6, 6.07) is 3.88. The van der Waals surface area contributed by atoms with Gasteiger partial charge in [-0.05, 0) is 50.4 Å². The molecule has 0 aliphatic carbocycles. The molecule has 1 saturated heterocycles. The maximum Gasteiger partial charge on any atom is 0.269 e. The Bertz CT molecular complexity index is 417. The number of rotatable bonds is 2. The molecular weight excluding hydrogens is 250 g/mol. The van der Waals surface area contributed by atoms with Crippen LogP contribution in [0.15, 0.2) is 12.1 Å². The highest BCUT2D eigenvalue weighted by Crippen LogP contribution is 2.27. The quantitative estimate of drug-likeness (QED) is 0.858. The number of halogens is 1. The molecule has 2 heterocycles. The zero-order chi connectivity index (χ0) is 12.3. The molecule has 4 nitrogen and oxygen atoms in total. The van der Waals surface area contributed by atoms with E-state index in [0.29, 0.717) is 11.6 Å². The number of carbonyl (C=O) groups is 1. The van der Waals surface area contributed by atoms with Crippen LogP contribution < -0.4 is 10.6 Å². The van der Waals surface area contributed by atoms with Gasteiger partial charge in [-0.3, -0.25) is 4.79 Å².